The lowest BCUT2D eigenvalue weighted by Gasteiger charge is -2.28. The molecule has 2 atom stereocenters. The molecule has 0 aromatic heterocycles. The average Bonchev–Trinajstić information content (AvgIpc) is 2.26. The van der Waals surface area contributed by atoms with E-state index in [0.29, 0.717) is 21.5 Å². The molecule has 1 aromatic carbocycles. The minimum absolute atomic E-state index is 0.248. The Balaban J connectivity index is 2.10. The van der Waals surface area contributed by atoms with Crippen LogP contribution >= 0.6 is 23.2 Å². The summed E-state index contributed by atoms with van der Waals surface area (Å²) in [6.07, 6.45) is 4.92. The molecule has 1 aromatic rings. The van der Waals surface area contributed by atoms with Crippen LogP contribution in [0.3, 0.4) is 0 Å². The van der Waals surface area contributed by atoms with E-state index in [4.69, 9.17) is 33.7 Å². The van der Waals surface area contributed by atoms with Gasteiger partial charge in [0.2, 0.25) is 0 Å². The molecule has 94 valence electrons. The monoisotopic (exact) mass is 273 g/mol. The van der Waals surface area contributed by atoms with Crippen molar-refractivity contribution in [1.29, 1.82) is 0 Å². The number of ether oxygens (including phenoxy) is 1. The molecular weight excluding hydrogens is 257 g/mol. The first kappa shape index (κ1) is 12.8. The van der Waals surface area contributed by atoms with E-state index in [-0.39, 0.29) is 6.10 Å². The highest BCUT2D eigenvalue weighted by Gasteiger charge is 2.21. The molecule has 0 spiro atoms. The van der Waals surface area contributed by atoms with Gasteiger partial charge in [0, 0.05) is 6.07 Å². The van der Waals surface area contributed by atoms with Crippen molar-refractivity contribution in [2.24, 2.45) is 5.92 Å². The predicted molar refractivity (Wildman–Crippen MR) is 72.9 cm³/mol. The summed E-state index contributed by atoms with van der Waals surface area (Å²) in [5, 5.41) is 0.952. The molecule has 0 amide bonds. The molecule has 2 unspecified atom stereocenters. The second-order valence-corrected chi connectivity index (χ2v) is 5.63. The van der Waals surface area contributed by atoms with Crippen LogP contribution in [-0.2, 0) is 0 Å². The van der Waals surface area contributed by atoms with Gasteiger partial charge in [0.1, 0.15) is 5.75 Å². The van der Waals surface area contributed by atoms with E-state index in [1.165, 1.54) is 12.8 Å². The van der Waals surface area contributed by atoms with Gasteiger partial charge in [0.15, 0.2) is 0 Å². The highest BCUT2D eigenvalue weighted by molar-refractivity contribution is 6.42. The first-order valence-electron chi connectivity index (χ1n) is 5.97. The molecule has 1 aliphatic rings. The quantitative estimate of drug-likeness (QED) is 0.804. The third-order valence-corrected chi connectivity index (χ3v) is 3.96. The summed E-state index contributed by atoms with van der Waals surface area (Å²) in [7, 11) is 0. The van der Waals surface area contributed by atoms with Gasteiger partial charge in [-0.2, -0.15) is 0 Å². The minimum Gasteiger partial charge on any atom is -0.488 e. The molecule has 4 heteroatoms. The van der Waals surface area contributed by atoms with Crippen molar-refractivity contribution in [3.05, 3.63) is 22.2 Å². The second kappa shape index (κ2) is 5.36. The summed E-state index contributed by atoms with van der Waals surface area (Å²) in [5.74, 6) is 1.37. The number of halogens is 2. The third kappa shape index (κ3) is 3.20. The average molecular weight is 274 g/mol. The fraction of sp³-hybridized carbons (Fsp3) is 0.538. The maximum absolute atomic E-state index is 5.96. The smallest absolute Gasteiger partial charge is 0.144 e. The molecule has 2 nitrogen and oxygen atoms in total. The molecule has 0 saturated heterocycles. The molecule has 0 heterocycles. The van der Waals surface area contributed by atoms with E-state index in [1.54, 1.807) is 12.1 Å². The Morgan fingerprint density at radius 3 is 2.65 bits per heavy atom. The zero-order valence-electron chi connectivity index (χ0n) is 9.88. The van der Waals surface area contributed by atoms with Crippen LogP contribution in [0, 0.1) is 5.92 Å². The van der Waals surface area contributed by atoms with Crippen LogP contribution in [-0.4, -0.2) is 6.10 Å². The summed E-state index contributed by atoms with van der Waals surface area (Å²) in [5.41, 5.74) is 6.43. The lowest BCUT2D eigenvalue weighted by atomic mass is 9.89. The lowest BCUT2D eigenvalue weighted by molar-refractivity contribution is 0.130. The van der Waals surface area contributed by atoms with Gasteiger partial charge in [-0.05, 0) is 31.2 Å². The second-order valence-electron chi connectivity index (χ2n) is 4.82. The van der Waals surface area contributed by atoms with Gasteiger partial charge < -0.3 is 10.5 Å². The summed E-state index contributed by atoms with van der Waals surface area (Å²) in [6.45, 7) is 2.26. The topological polar surface area (TPSA) is 35.2 Å². The van der Waals surface area contributed by atoms with Crippen molar-refractivity contribution >= 4 is 28.9 Å². The number of hydrogen-bond acceptors (Lipinski definition) is 2. The minimum atomic E-state index is 0.248. The Kier molecular flexibility index (Phi) is 4.05. The van der Waals surface area contributed by atoms with Gasteiger partial charge in [0.25, 0.3) is 0 Å². The standard InChI is InChI=1S/C13H17Cl2NO/c1-8-3-2-4-9(5-8)17-13-7-11(15)10(14)6-12(13)16/h6-9H,2-5,16H2,1H3. The fourth-order valence-corrected chi connectivity index (χ4v) is 2.64. The third-order valence-electron chi connectivity index (χ3n) is 3.23. The first-order chi connectivity index (χ1) is 8.06. The number of nitrogens with two attached hydrogens (primary N) is 1. The van der Waals surface area contributed by atoms with E-state index in [1.807, 2.05) is 0 Å². The molecule has 1 aliphatic carbocycles. The maximum Gasteiger partial charge on any atom is 0.144 e. The Labute approximate surface area is 112 Å². The number of nitrogen functional groups attached to an aromatic ring is 1. The molecule has 2 rings (SSSR count). The Hall–Kier alpha value is -0.600. The van der Waals surface area contributed by atoms with Crippen LogP contribution in [0.5, 0.6) is 5.75 Å². The van der Waals surface area contributed by atoms with Gasteiger partial charge in [-0.15, -0.1) is 0 Å². The van der Waals surface area contributed by atoms with E-state index in [0.717, 1.165) is 18.8 Å². The molecule has 0 radical (unpaired) electrons. The molecule has 2 N–H and O–H groups in total. The van der Waals surface area contributed by atoms with Crippen LogP contribution in [0.4, 0.5) is 5.69 Å². The van der Waals surface area contributed by atoms with Crippen molar-refractivity contribution in [2.75, 3.05) is 5.73 Å². The molecular formula is C13H17Cl2NO. The van der Waals surface area contributed by atoms with E-state index >= 15 is 0 Å². The predicted octanol–water partition coefficient (Wildman–Crippen LogP) is 4.53. The van der Waals surface area contributed by atoms with Gasteiger partial charge in [-0.25, -0.2) is 0 Å². The van der Waals surface area contributed by atoms with Crippen molar-refractivity contribution in [3.63, 3.8) is 0 Å². The Morgan fingerprint density at radius 1 is 1.24 bits per heavy atom. The first-order valence-corrected chi connectivity index (χ1v) is 6.73. The number of rotatable bonds is 2. The maximum atomic E-state index is 5.96. The van der Waals surface area contributed by atoms with Crippen LogP contribution in [0.15, 0.2) is 12.1 Å². The lowest BCUT2D eigenvalue weighted by Crippen LogP contribution is -2.24. The highest BCUT2D eigenvalue weighted by atomic mass is 35.5. The largest absolute Gasteiger partial charge is 0.488 e. The number of anilines is 1. The SMILES string of the molecule is CC1CCCC(Oc2cc(Cl)c(Cl)cc2N)C1. The summed E-state index contributed by atoms with van der Waals surface area (Å²) in [4.78, 5) is 0. The molecule has 1 saturated carbocycles. The molecule has 17 heavy (non-hydrogen) atoms. The molecule has 0 aliphatic heterocycles. The van der Waals surface area contributed by atoms with Gasteiger partial charge >= 0.3 is 0 Å². The highest BCUT2D eigenvalue weighted by Crippen LogP contribution is 2.35. The van der Waals surface area contributed by atoms with Gasteiger partial charge in [0.05, 0.1) is 21.8 Å². The molecule has 1 fully saturated rings. The zero-order valence-corrected chi connectivity index (χ0v) is 11.4. The summed E-state index contributed by atoms with van der Waals surface area (Å²) >= 11 is 11.8. The Bertz CT molecular complexity index is 409. The van der Waals surface area contributed by atoms with Crippen LogP contribution in [0.2, 0.25) is 10.0 Å². The van der Waals surface area contributed by atoms with Crippen molar-refractivity contribution in [3.8, 4) is 5.75 Å². The van der Waals surface area contributed by atoms with Gasteiger partial charge in [-0.1, -0.05) is 36.5 Å². The molecule has 0 bridgehead atoms. The summed E-state index contributed by atoms with van der Waals surface area (Å²) in [6, 6.07) is 3.35. The van der Waals surface area contributed by atoms with Crippen molar-refractivity contribution in [2.45, 2.75) is 38.7 Å². The zero-order chi connectivity index (χ0) is 12.4. The normalized spacial score (nSPS) is 24.6. The van der Waals surface area contributed by atoms with Crippen LogP contribution in [0.25, 0.3) is 0 Å². The fourth-order valence-electron chi connectivity index (χ4n) is 2.31. The van der Waals surface area contributed by atoms with Crippen molar-refractivity contribution < 1.29 is 4.74 Å². The number of hydrogen-bond donors (Lipinski definition) is 1. The van der Waals surface area contributed by atoms with E-state index in [9.17, 15) is 0 Å². The Morgan fingerprint density at radius 2 is 1.94 bits per heavy atom. The number of benzene rings is 1. The van der Waals surface area contributed by atoms with E-state index < -0.39 is 0 Å². The summed E-state index contributed by atoms with van der Waals surface area (Å²) < 4.78 is 5.92. The van der Waals surface area contributed by atoms with Crippen molar-refractivity contribution in [1.82, 2.24) is 0 Å². The van der Waals surface area contributed by atoms with Crippen LogP contribution < -0.4 is 10.5 Å². The van der Waals surface area contributed by atoms with Gasteiger partial charge in [-0.3, -0.25) is 0 Å². The van der Waals surface area contributed by atoms with E-state index in [2.05, 4.69) is 6.92 Å². The van der Waals surface area contributed by atoms with Crippen LogP contribution in [0.1, 0.15) is 32.6 Å².